The Bertz CT molecular complexity index is 428. The third-order valence-corrected chi connectivity index (χ3v) is 2.09. The number of hydrogen-bond acceptors (Lipinski definition) is 3. The van der Waals surface area contributed by atoms with E-state index in [2.05, 4.69) is 4.98 Å². The fourth-order valence-corrected chi connectivity index (χ4v) is 1.40. The Balaban J connectivity index is 2.59. The molecule has 1 N–H and O–H groups in total. The van der Waals surface area contributed by atoms with Crippen molar-refractivity contribution in [3.63, 3.8) is 0 Å². The molecule has 0 aliphatic carbocycles. The lowest BCUT2D eigenvalue weighted by molar-refractivity contribution is 0.109. The zero-order chi connectivity index (χ0) is 9.26. The summed E-state index contributed by atoms with van der Waals surface area (Å²) in [6.07, 6.45) is 0.719. The molecule has 4 heteroatoms. The highest BCUT2D eigenvalue weighted by molar-refractivity contribution is 5.33. The molecule has 1 aromatic rings. The van der Waals surface area contributed by atoms with E-state index in [0.717, 1.165) is 17.7 Å². The molecule has 0 unspecified atom stereocenters. The van der Waals surface area contributed by atoms with Gasteiger partial charge in [-0.1, -0.05) is 0 Å². The average molecular weight is 176 g/mol. The first-order valence-electron chi connectivity index (χ1n) is 4.04. The van der Waals surface area contributed by atoms with E-state index in [1.54, 1.807) is 6.07 Å². The molecule has 0 amide bonds. The molecule has 1 aromatic heterocycles. The van der Waals surface area contributed by atoms with E-state index in [1.165, 1.54) is 0 Å². The average Bonchev–Trinajstić information content (AvgIpc) is 2.17. The fraction of sp³-hybridized carbons (Fsp3) is 0.333. The monoisotopic (exact) mass is 176 g/mol. The van der Waals surface area contributed by atoms with E-state index in [4.69, 9.17) is 10.00 Å². The lowest BCUT2D eigenvalue weighted by Gasteiger charge is -2.15. The van der Waals surface area contributed by atoms with Gasteiger partial charge in [0.1, 0.15) is 11.6 Å². The summed E-state index contributed by atoms with van der Waals surface area (Å²) >= 11 is 0. The van der Waals surface area contributed by atoms with Gasteiger partial charge in [0.05, 0.1) is 13.2 Å². The van der Waals surface area contributed by atoms with Gasteiger partial charge in [-0.25, -0.2) is 0 Å². The van der Waals surface area contributed by atoms with E-state index >= 15 is 0 Å². The summed E-state index contributed by atoms with van der Waals surface area (Å²) in [4.78, 5) is 13.9. The maximum atomic E-state index is 11.2. The van der Waals surface area contributed by atoms with Crippen molar-refractivity contribution in [1.82, 2.24) is 4.98 Å². The first-order chi connectivity index (χ1) is 6.31. The highest BCUT2D eigenvalue weighted by Gasteiger charge is 2.12. The predicted octanol–water partition coefficient (Wildman–Crippen LogP) is 0.319. The highest BCUT2D eigenvalue weighted by Crippen LogP contribution is 2.12. The molecule has 4 nitrogen and oxygen atoms in total. The smallest absolute Gasteiger partial charge is 0.266 e. The van der Waals surface area contributed by atoms with Gasteiger partial charge < -0.3 is 9.72 Å². The van der Waals surface area contributed by atoms with Crippen molar-refractivity contribution in [3.05, 3.63) is 33.2 Å². The zero-order valence-electron chi connectivity index (χ0n) is 6.96. The lowest BCUT2D eigenvalue weighted by atomic mass is 10.1. The molecule has 66 valence electrons. The number of nitriles is 1. The van der Waals surface area contributed by atoms with E-state index in [-0.39, 0.29) is 11.1 Å². The van der Waals surface area contributed by atoms with Crippen LogP contribution in [0.25, 0.3) is 0 Å². The number of fused-ring (bicyclic) bond motifs is 1. The van der Waals surface area contributed by atoms with Gasteiger partial charge in [0, 0.05) is 12.1 Å². The molecule has 0 saturated carbocycles. The number of aromatic amines is 1. The second kappa shape index (κ2) is 3.04. The molecule has 0 fully saturated rings. The van der Waals surface area contributed by atoms with E-state index in [9.17, 15) is 4.79 Å². The third kappa shape index (κ3) is 1.34. The standard InChI is InChI=1S/C9H8N2O2/c10-4-6-3-7-5-13-2-1-8(7)11-9(6)12/h3H,1-2,5H2,(H,11,12). The normalized spacial score (nSPS) is 14.7. The van der Waals surface area contributed by atoms with Crippen LogP contribution in [0.3, 0.4) is 0 Å². The van der Waals surface area contributed by atoms with E-state index in [1.807, 2.05) is 6.07 Å². The second-order valence-electron chi connectivity index (χ2n) is 2.93. The summed E-state index contributed by atoms with van der Waals surface area (Å²) < 4.78 is 5.20. The Morgan fingerprint density at radius 3 is 3.23 bits per heavy atom. The van der Waals surface area contributed by atoms with Crippen molar-refractivity contribution >= 4 is 0 Å². The van der Waals surface area contributed by atoms with Crippen LogP contribution in [0.2, 0.25) is 0 Å². The van der Waals surface area contributed by atoms with Gasteiger partial charge in [0.2, 0.25) is 0 Å². The molecule has 0 atom stereocenters. The molecule has 0 aromatic carbocycles. The third-order valence-electron chi connectivity index (χ3n) is 2.09. The SMILES string of the molecule is N#Cc1cc2c([nH]c1=O)CCOC2. The molecule has 2 rings (SSSR count). The van der Waals surface area contributed by atoms with Gasteiger partial charge in [0.15, 0.2) is 0 Å². The number of pyridine rings is 1. The quantitative estimate of drug-likeness (QED) is 0.619. The minimum atomic E-state index is -0.303. The van der Waals surface area contributed by atoms with Crippen molar-refractivity contribution in [1.29, 1.82) is 5.26 Å². The van der Waals surface area contributed by atoms with Crippen LogP contribution in [0.1, 0.15) is 16.8 Å². The topological polar surface area (TPSA) is 65.9 Å². The van der Waals surface area contributed by atoms with Crippen LogP contribution in [-0.2, 0) is 17.8 Å². The Kier molecular flexibility index (Phi) is 1.87. The molecule has 1 aliphatic rings. The molecular formula is C9H8N2O2. The minimum Gasteiger partial charge on any atom is -0.376 e. The Morgan fingerprint density at radius 2 is 2.46 bits per heavy atom. The number of aromatic nitrogens is 1. The van der Waals surface area contributed by atoms with Crippen LogP contribution in [0.4, 0.5) is 0 Å². The molecule has 2 heterocycles. The predicted molar refractivity (Wildman–Crippen MR) is 45.1 cm³/mol. The molecule has 0 saturated heterocycles. The van der Waals surface area contributed by atoms with Gasteiger partial charge in [-0.15, -0.1) is 0 Å². The number of rotatable bonds is 0. The summed E-state index contributed by atoms with van der Waals surface area (Å²) in [6.45, 7) is 1.12. The van der Waals surface area contributed by atoms with Gasteiger partial charge >= 0.3 is 0 Å². The van der Waals surface area contributed by atoms with Crippen LogP contribution in [-0.4, -0.2) is 11.6 Å². The summed E-state index contributed by atoms with van der Waals surface area (Å²) in [5, 5.41) is 8.61. The van der Waals surface area contributed by atoms with Crippen molar-refractivity contribution in [2.45, 2.75) is 13.0 Å². The Morgan fingerprint density at radius 1 is 1.62 bits per heavy atom. The van der Waals surface area contributed by atoms with Gasteiger partial charge in [-0.05, 0) is 11.6 Å². The van der Waals surface area contributed by atoms with Crippen LogP contribution >= 0.6 is 0 Å². The molecule has 13 heavy (non-hydrogen) atoms. The van der Waals surface area contributed by atoms with Crippen LogP contribution in [0.15, 0.2) is 10.9 Å². The largest absolute Gasteiger partial charge is 0.376 e. The number of nitrogens with zero attached hydrogens (tertiary/aromatic N) is 1. The lowest BCUT2D eigenvalue weighted by Crippen LogP contribution is -2.20. The molecular weight excluding hydrogens is 168 g/mol. The summed E-state index contributed by atoms with van der Waals surface area (Å²) in [7, 11) is 0. The fourth-order valence-electron chi connectivity index (χ4n) is 1.40. The van der Waals surface area contributed by atoms with Gasteiger partial charge in [-0.3, -0.25) is 4.79 Å². The van der Waals surface area contributed by atoms with Crippen LogP contribution < -0.4 is 5.56 Å². The molecule has 1 aliphatic heterocycles. The van der Waals surface area contributed by atoms with Crippen molar-refractivity contribution < 1.29 is 4.74 Å². The molecule has 0 spiro atoms. The highest BCUT2D eigenvalue weighted by atomic mass is 16.5. The number of nitrogens with one attached hydrogen (secondary N) is 1. The Hall–Kier alpha value is -1.60. The van der Waals surface area contributed by atoms with Crippen molar-refractivity contribution in [2.24, 2.45) is 0 Å². The molecule has 0 bridgehead atoms. The van der Waals surface area contributed by atoms with Crippen molar-refractivity contribution in [2.75, 3.05) is 6.61 Å². The second-order valence-corrected chi connectivity index (χ2v) is 2.93. The van der Waals surface area contributed by atoms with Gasteiger partial charge in [0.25, 0.3) is 5.56 Å². The number of H-pyrrole nitrogens is 1. The minimum absolute atomic E-state index is 0.157. The van der Waals surface area contributed by atoms with Crippen molar-refractivity contribution in [3.8, 4) is 6.07 Å². The first kappa shape index (κ1) is 8.02. The van der Waals surface area contributed by atoms with E-state index in [0.29, 0.717) is 13.2 Å². The van der Waals surface area contributed by atoms with Crippen LogP contribution in [0.5, 0.6) is 0 Å². The summed E-state index contributed by atoms with van der Waals surface area (Å²) in [6, 6.07) is 3.45. The maximum absolute atomic E-state index is 11.2. The van der Waals surface area contributed by atoms with Gasteiger partial charge in [-0.2, -0.15) is 5.26 Å². The summed E-state index contributed by atoms with van der Waals surface area (Å²) in [5.41, 5.74) is 1.67. The van der Waals surface area contributed by atoms with Crippen LogP contribution in [0, 0.1) is 11.3 Å². The number of hydrogen-bond donors (Lipinski definition) is 1. The maximum Gasteiger partial charge on any atom is 0.266 e. The summed E-state index contributed by atoms with van der Waals surface area (Å²) in [5.74, 6) is 0. The molecule has 0 radical (unpaired) electrons. The van der Waals surface area contributed by atoms with E-state index < -0.39 is 0 Å². The Labute approximate surface area is 74.8 Å². The number of ether oxygens (including phenoxy) is 1. The zero-order valence-corrected chi connectivity index (χ0v) is 6.96. The first-order valence-corrected chi connectivity index (χ1v) is 4.04.